The van der Waals surface area contributed by atoms with Gasteiger partial charge in [0.15, 0.2) is 6.23 Å². The van der Waals surface area contributed by atoms with Crippen molar-refractivity contribution in [3.05, 3.63) is 59.7 Å². The molecule has 2 heterocycles. The number of nitrogens with zero attached hydrogens (tertiary/aromatic N) is 1. The molecule has 2 aliphatic rings. The molecule has 0 aliphatic carbocycles. The van der Waals surface area contributed by atoms with E-state index in [1.165, 1.54) is 5.56 Å². The number of amides is 1. The Kier molecular flexibility index (Phi) is 3.12. The molecular formula is C18H18N2O2. The van der Waals surface area contributed by atoms with Crippen LogP contribution in [-0.4, -0.2) is 12.1 Å². The second kappa shape index (κ2) is 5.14. The molecule has 0 radical (unpaired) electrons. The second-order valence-electron chi connectivity index (χ2n) is 5.78. The lowest BCUT2D eigenvalue weighted by molar-refractivity contribution is -0.121. The average Bonchev–Trinajstić information content (AvgIpc) is 2.89. The number of anilines is 1. The molecule has 2 unspecified atom stereocenters. The van der Waals surface area contributed by atoms with E-state index in [9.17, 15) is 4.79 Å². The van der Waals surface area contributed by atoms with Crippen LogP contribution in [0.25, 0.3) is 0 Å². The third kappa shape index (κ3) is 2.07. The maximum atomic E-state index is 12.7. The van der Waals surface area contributed by atoms with Crippen LogP contribution in [0.15, 0.2) is 48.5 Å². The smallest absolute Gasteiger partial charge is 0.250 e. The van der Waals surface area contributed by atoms with Gasteiger partial charge in [0.25, 0.3) is 0 Å². The Balaban J connectivity index is 1.60. The molecule has 0 spiro atoms. The van der Waals surface area contributed by atoms with Gasteiger partial charge in [0.05, 0.1) is 11.6 Å². The first-order valence-electron chi connectivity index (χ1n) is 7.70. The van der Waals surface area contributed by atoms with Crippen LogP contribution in [0, 0.1) is 5.92 Å². The summed E-state index contributed by atoms with van der Waals surface area (Å²) in [7, 11) is 0. The quantitative estimate of drug-likeness (QED) is 0.926. The van der Waals surface area contributed by atoms with Crippen molar-refractivity contribution in [2.45, 2.75) is 26.0 Å². The lowest BCUT2D eigenvalue weighted by Gasteiger charge is -2.26. The lowest BCUT2D eigenvalue weighted by atomic mass is 9.95. The van der Waals surface area contributed by atoms with Crippen molar-refractivity contribution in [1.29, 1.82) is 0 Å². The summed E-state index contributed by atoms with van der Waals surface area (Å²) in [5, 5.41) is 1.63. The van der Waals surface area contributed by atoms with E-state index in [2.05, 4.69) is 24.5 Å². The predicted molar refractivity (Wildman–Crippen MR) is 84.5 cm³/mol. The minimum Gasteiger partial charge on any atom is -0.473 e. The Morgan fingerprint density at radius 1 is 1.18 bits per heavy atom. The fourth-order valence-corrected chi connectivity index (χ4v) is 3.12. The van der Waals surface area contributed by atoms with Gasteiger partial charge in [0.1, 0.15) is 5.75 Å². The predicted octanol–water partition coefficient (Wildman–Crippen LogP) is 2.68. The van der Waals surface area contributed by atoms with Gasteiger partial charge in [-0.2, -0.15) is 5.43 Å². The SMILES string of the molecule is CCc1ccc(N2NC3Oc4ccccc4CC3C2=O)cc1. The molecule has 112 valence electrons. The molecule has 0 saturated carbocycles. The van der Waals surface area contributed by atoms with E-state index in [1.54, 1.807) is 5.01 Å². The van der Waals surface area contributed by atoms with Crippen molar-refractivity contribution in [3.63, 3.8) is 0 Å². The number of nitrogens with one attached hydrogen (secondary N) is 1. The molecule has 0 bridgehead atoms. The van der Waals surface area contributed by atoms with Crippen molar-refractivity contribution in [2.24, 2.45) is 5.92 Å². The molecule has 1 saturated heterocycles. The molecule has 2 aromatic carbocycles. The van der Waals surface area contributed by atoms with E-state index in [0.717, 1.165) is 29.8 Å². The number of hydrogen-bond acceptors (Lipinski definition) is 3. The molecule has 4 heteroatoms. The Hall–Kier alpha value is -2.33. The summed E-state index contributed by atoms with van der Waals surface area (Å²) in [4.78, 5) is 12.7. The molecule has 22 heavy (non-hydrogen) atoms. The number of benzene rings is 2. The summed E-state index contributed by atoms with van der Waals surface area (Å²) in [6, 6.07) is 16.0. The van der Waals surface area contributed by atoms with Crippen LogP contribution in [0.4, 0.5) is 5.69 Å². The summed E-state index contributed by atoms with van der Waals surface area (Å²) in [6.45, 7) is 2.12. The fourth-order valence-electron chi connectivity index (χ4n) is 3.12. The number of para-hydroxylation sites is 1. The number of rotatable bonds is 2. The number of carbonyl (C=O) groups is 1. The zero-order chi connectivity index (χ0) is 15.1. The Morgan fingerprint density at radius 3 is 2.73 bits per heavy atom. The zero-order valence-electron chi connectivity index (χ0n) is 12.5. The number of carbonyl (C=O) groups excluding carboxylic acids is 1. The molecule has 0 aromatic heterocycles. The Morgan fingerprint density at radius 2 is 1.95 bits per heavy atom. The molecule has 1 fully saturated rings. The van der Waals surface area contributed by atoms with Crippen molar-refractivity contribution in [2.75, 3.05) is 5.01 Å². The number of fused-ring (bicyclic) bond motifs is 2. The molecule has 1 N–H and O–H groups in total. The van der Waals surface area contributed by atoms with Gasteiger partial charge in [-0.05, 0) is 42.2 Å². The first kappa shape index (κ1) is 13.3. The van der Waals surface area contributed by atoms with E-state index >= 15 is 0 Å². The number of hydrazine groups is 1. The monoisotopic (exact) mass is 294 g/mol. The molecule has 1 amide bonds. The molecule has 4 rings (SSSR count). The van der Waals surface area contributed by atoms with Gasteiger partial charge in [0, 0.05) is 0 Å². The maximum absolute atomic E-state index is 12.7. The van der Waals surface area contributed by atoms with Gasteiger partial charge in [-0.1, -0.05) is 37.3 Å². The van der Waals surface area contributed by atoms with Crippen LogP contribution in [0.1, 0.15) is 18.1 Å². The largest absolute Gasteiger partial charge is 0.473 e. The third-order valence-electron chi connectivity index (χ3n) is 4.43. The minimum atomic E-state index is -0.284. The van der Waals surface area contributed by atoms with Crippen LogP contribution < -0.4 is 15.2 Å². The van der Waals surface area contributed by atoms with Crippen LogP contribution in [-0.2, 0) is 17.6 Å². The van der Waals surface area contributed by atoms with Gasteiger partial charge >= 0.3 is 0 Å². The van der Waals surface area contributed by atoms with Gasteiger partial charge < -0.3 is 4.74 Å². The standard InChI is InChI=1S/C18H18N2O2/c1-2-12-7-9-14(10-8-12)20-18(21)15-11-13-5-3-4-6-16(13)22-17(15)19-20/h3-10,15,17,19H,2,11H2,1H3. The van der Waals surface area contributed by atoms with E-state index < -0.39 is 0 Å². The van der Waals surface area contributed by atoms with Gasteiger partial charge in [0.2, 0.25) is 5.91 Å². The summed E-state index contributed by atoms with van der Waals surface area (Å²) in [5.74, 6) is 0.775. The molecule has 2 aromatic rings. The molecular weight excluding hydrogens is 276 g/mol. The van der Waals surface area contributed by atoms with E-state index in [4.69, 9.17) is 4.74 Å². The first-order chi connectivity index (χ1) is 10.8. The van der Waals surface area contributed by atoms with Crippen LogP contribution >= 0.6 is 0 Å². The molecule has 2 aliphatic heterocycles. The zero-order valence-corrected chi connectivity index (χ0v) is 12.5. The van der Waals surface area contributed by atoms with E-state index in [-0.39, 0.29) is 18.1 Å². The lowest BCUT2D eigenvalue weighted by Crippen LogP contribution is -2.41. The van der Waals surface area contributed by atoms with Crippen LogP contribution in [0.5, 0.6) is 5.75 Å². The van der Waals surface area contributed by atoms with Gasteiger partial charge in [-0.25, -0.2) is 5.01 Å². The van der Waals surface area contributed by atoms with Crippen molar-refractivity contribution >= 4 is 11.6 Å². The van der Waals surface area contributed by atoms with Crippen LogP contribution in [0.3, 0.4) is 0 Å². The normalized spacial score (nSPS) is 23.0. The number of aryl methyl sites for hydroxylation is 1. The molecule has 4 nitrogen and oxygen atoms in total. The second-order valence-corrected chi connectivity index (χ2v) is 5.78. The third-order valence-corrected chi connectivity index (χ3v) is 4.43. The highest BCUT2D eigenvalue weighted by molar-refractivity contribution is 5.97. The Bertz CT molecular complexity index is 711. The fraction of sp³-hybridized carbons (Fsp3) is 0.278. The maximum Gasteiger partial charge on any atom is 0.250 e. The van der Waals surface area contributed by atoms with E-state index in [1.807, 2.05) is 36.4 Å². The number of hydrogen-bond donors (Lipinski definition) is 1. The Labute approximate surface area is 129 Å². The number of ether oxygens (including phenoxy) is 1. The topological polar surface area (TPSA) is 41.6 Å². The summed E-state index contributed by atoms with van der Waals surface area (Å²) in [5.41, 5.74) is 6.42. The highest BCUT2D eigenvalue weighted by Crippen LogP contribution is 2.34. The highest BCUT2D eigenvalue weighted by Gasteiger charge is 2.45. The average molecular weight is 294 g/mol. The summed E-state index contributed by atoms with van der Waals surface area (Å²) >= 11 is 0. The van der Waals surface area contributed by atoms with Crippen molar-refractivity contribution < 1.29 is 9.53 Å². The van der Waals surface area contributed by atoms with Crippen molar-refractivity contribution in [1.82, 2.24) is 5.43 Å². The first-order valence-corrected chi connectivity index (χ1v) is 7.70. The summed E-state index contributed by atoms with van der Waals surface area (Å²) in [6.07, 6.45) is 1.43. The summed E-state index contributed by atoms with van der Waals surface area (Å²) < 4.78 is 5.95. The highest BCUT2D eigenvalue weighted by atomic mass is 16.5. The van der Waals surface area contributed by atoms with Crippen LogP contribution in [0.2, 0.25) is 0 Å². The minimum absolute atomic E-state index is 0.0729. The van der Waals surface area contributed by atoms with Crippen molar-refractivity contribution in [3.8, 4) is 5.75 Å². The van der Waals surface area contributed by atoms with Gasteiger partial charge in [-0.15, -0.1) is 0 Å². The van der Waals surface area contributed by atoms with Gasteiger partial charge in [-0.3, -0.25) is 4.79 Å². The van der Waals surface area contributed by atoms with E-state index in [0.29, 0.717) is 0 Å². The molecule has 2 atom stereocenters.